The van der Waals surface area contributed by atoms with Crippen LogP contribution in [0.25, 0.3) is 0 Å². The maximum Gasteiger partial charge on any atom is 0.407 e. The number of hydrogen-bond acceptors (Lipinski definition) is 6. The number of carbonyl (C=O) groups is 2. The highest BCUT2D eigenvalue weighted by molar-refractivity contribution is 7.81. The van der Waals surface area contributed by atoms with Crippen molar-refractivity contribution in [1.82, 2.24) is 15.2 Å². The summed E-state index contributed by atoms with van der Waals surface area (Å²) in [6, 6.07) is 6.12. The number of aromatic nitrogens is 1. The van der Waals surface area contributed by atoms with Gasteiger partial charge in [-0.2, -0.15) is 0 Å². The van der Waals surface area contributed by atoms with Crippen LogP contribution in [0, 0.1) is 12.7 Å². The fourth-order valence-corrected chi connectivity index (χ4v) is 4.68. The molecular formula is C26H29FN4O5S. The first kappa shape index (κ1) is 26.3. The Balaban J connectivity index is 1.47. The lowest BCUT2D eigenvalue weighted by atomic mass is 10.0. The molecule has 2 aliphatic heterocycles. The molecule has 1 atom stereocenters. The average molecular weight is 529 g/mol. The van der Waals surface area contributed by atoms with E-state index in [0.29, 0.717) is 47.8 Å². The molecule has 0 spiro atoms. The molecule has 0 bridgehead atoms. The number of rotatable bonds is 8. The second-order valence-corrected chi connectivity index (χ2v) is 9.29. The number of piperidine rings is 1. The molecule has 0 radical (unpaired) electrons. The van der Waals surface area contributed by atoms with Crippen molar-refractivity contribution < 1.29 is 28.6 Å². The normalized spacial score (nSPS) is 17.7. The lowest BCUT2D eigenvalue weighted by molar-refractivity contribution is -0.117. The number of nitrogens with zero attached hydrogens (tertiary/aromatic N) is 2. The summed E-state index contributed by atoms with van der Waals surface area (Å²) in [5.41, 5.74) is 1.76. The van der Waals surface area contributed by atoms with Crippen molar-refractivity contribution in [2.45, 2.75) is 45.3 Å². The summed E-state index contributed by atoms with van der Waals surface area (Å²) in [6.07, 6.45) is 5.18. The zero-order valence-electron chi connectivity index (χ0n) is 20.5. The molecule has 0 unspecified atom stereocenters. The molecule has 37 heavy (non-hydrogen) atoms. The van der Waals surface area contributed by atoms with E-state index >= 15 is 0 Å². The Labute approximate surface area is 219 Å². The quantitative estimate of drug-likeness (QED) is 0.438. The minimum atomic E-state index is -0.948. The van der Waals surface area contributed by atoms with Crippen LogP contribution >= 0.6 is 12.2 Å². The fourth-order valence-electron chi connectivity index (χ4n) is 4.37. The standard InChI is InChI=1S/C26H29FN4O5S/c1-16-19(27)6-4-7-20(16)30-25(37)23-21(9-11-29-24(23)32)35-14-17-8-10-28-13-22(17)36-15-18-5-2-3-12-31(18)26(33)34/h4,6-8,10,13,18H,2-3,5,9,11-12,14-15H2,1H3,(H,29,32)(H,30,37)(H,33,34)/t18-/m0/s1. The van der Waals surface area contributed by atoms with Crippen molar-refractivity contribution >= 4 is 34.9 Å². The number of likely N-dealkylation sites (tertiary alicyclic amines) is 1. The van der Waals surface area contributed by atoms with Crippen molar-refractivity contribution in [3.05, 3.63) is 64.9 Å². The molecule has 4 rings (SSSR count). The van der Waals surface area contributed by atoms with Gasteiger partial charge in [-0.15, -0.1) is 0 Å². The molecule has 11 heteroatoms. The number of carboxylic acid groups (broad SMARTS) is 1. The number of nitrogens with one attached hydrogen (secondary N) is 2. The van der Waals surface area contributed by atoms with Crippen LogP contribution in [0.4, 0.5) is 14.9 Å². The van der Waals surface area contributed by atoms with Gasteiger partial charge in [0.1, 0.15) is 41.1 Å². The van der Waals surface area contributed by atoms with Crippen molar-refractivity contribution in [2.75, 3.05) is 25.0 Å². The first-order valence-electron chi connectivity index (χ1n) is 12.1. The Morgan fingerprint density at radius 2 is 2.16 bits per heavy atom. The van der Waals surface area contributed by atoms with Crippen LogP contribution in [0.3, 0.4) is 0 Å². The van der Waals surface area contributed by atoms with Gasteiger partial charge in [0, 0.05) is 42.5 Å². The van der Waals surface area contributed by atoms with Gasteiger partial charge in [0.15, 0.2) is 0 Å². The van der Waals surface area contributed by atoms with E-state index in [0.717, 1.165) is 19.3 Å². The molecular weight excluding hydrogens is 499 g/mol. The number of thiocarbonyl (C=S) groups is 1. The monoisotopic (exact) mass is 528 g/mol. The zero-order valence-corrected chi connectivity index (χ0v) is 21.3. The van der Waals surface area contributed by atoms with Crippen LogP contribution in [0.15, 0.2) is 48.0 Å². The highest BCUT2D eigenvalue weighted by atomic mass is 32.1. The minimum absolute atomic E-state index is 0.0961. The summed E-state index contributed by atoms with van der Waals surface area (Å²) in [5, 5.41) is 15.2. The molecule has 1 saturated heterocycles. The van der Waals surface area contributed by atoms with E-state index in [9.17, 15) is 19.1 Å². The van der Waals surface area contributed by atoms with Crippen LogP contribution in [-0.4, -0.2) is 57.7 Å². The Hall–Kier alpha value is -3.73. The van der Waals surface area contributed by atoms with E-state index in [1.165, 1.54) is 11.0 Å². The van der Waals surface area contributed by atoms with E-state index in [-0.39, 0.29) is 41.5 Å². The number of carbonyl (C=O) groups excluding carboxylic acids is 1. The van der Waals surface area contributed by atoms with Gasteiger partial charge in [-0.3, -0.25) is 9.78 Å². The van der Waals surface area contributed by atoms with Gasteiger partial charge in [0.2, 0.25) is 0 Å². The van der Waals surface area contributed by atoms with Gasteiger partial charge in [-0.25, -0.2) is 9.18 Å². The third-order valence-electron chi connectivity index (χ3n) is 6.46. The summed E-state index contributed by atoms with van der Waals surface area (Å²) in [6.45, 7) is 2.82. The van der Waals surface area contributed by atoms with Gasteiger partial charge in [-0.1, -0.05) is 18.3 Å². The Bertz CT molecular complexity index is 1220. The highest BCUT2D eigenvalue weighted by Crippen LogP contribution is 2.26. The number of pyridine rings is 1. The summed E-state index contributed by atoms with van der Waals surface area (Å²) in [7, 11) is 0. The average Bonchev–Trinajstić information content (AvgIpc) is 2.89. The minimum Gasteiger partial charge on any atom is -0.492 e. The Morgan fingerprint density at radius 3 is 2.97 bits per heavy atom. The van der Waals surface area contributed by atoms with Gasteiger partial charge in [-0.05, 0) is 44.4 Å². The van der Waals surface area contributed by atoms with Crippen LogP contribution in [0.1, 0.15) is 36.8 Å². The maximum absolute atomic E-state index is 14.0. The van der Waals surface area contributed by atoms with Gasteiger partial charge in [0.05, 0.1) is 12.2 Å². The number of halogens is 1. The van der Waals surface area contributed by atoms with Crippen molar-refractivity contribution in [2.24, 2.45) is 0 Å². The molecule has 196 valence electrons. The lowest BCUT2D eigenvalue weighted by Gasteiger charge is -2.33. The zero-order chi connectivity index (χ0) is 26.4. The largest absolute Gasteiger partial charge is 0.492 e. The van der Waals surface area contributed by atoms with Gasteiger partial charge in [0.25, 0.3) is 5.91 Å². The fraction of sp³-hybridized carbons (Fsp3) is 0.385. The molecule has 9 nitrogen and oxygen atoms in total. The summed E-state index contributed by atoms with van der Waals surface area (Å²) < 4.78 is 26.0. The molecule has 1 fully saturated rings. The smallest absolute Gasteiger partial charge is 0.407 e. The summed E-state index contributed by atoms with van der Waals surface area (Å²) in [5.74, 6) is 0.153. The number of benzene rings is 1. The third-order valence-corrected chi connectivity index (χ3v) is 6.77. The van der Waals surface area contributed by atoms with E-state index < -0.39 is 6.09 Å². The van der Waals surface area contributed by atoms with E-state index in [1.807, 2.05) is 0 Å². The molecule has 2 amide bonds. The molecule has 2 aliphatic rings. The molecule has 0 aliphatic carbocycles. The lowest BCUT2D eigenvalue weighted by Crippen LogP contribution is -2.46. The molecule has 2 aromatic rings. The van der Waals surface area contributed by atoms with E-state index in [4.69, 9.17) is 21.7 Å². The number of anilines is 1. The van der Waals surface area contributed by atoms with E-state index in [1.54, 1.807) is 37.5 Å². The van der Waals surface area contributed by atoms with Crippen LogP contribution < -0.4 is 15.4 Å². The van der Waals surface area contributed by atoms with Crippen LogP contribution in [0.2, 0.25) is 0 Å². The molecule has 1 aromatic heterocycles. The second kappa shape index (κ2) is 12.0. The predicted molar refractivity (Wildman–Crippen MR) is 139 cm³/mol. The highest BCUT2D eigenvalue weighted by Gasteiger charge is 2.28. The molecule has 3 heterocycles. The first-order chi connectivity index (χ1) is 17.8. The van der Waals surface area contributed by atoms with Crippen LogP contribution in [0.5, 0.6) is 5.75 Å². The van der Waals surface area contributed by atoms with Crippen molar-refractivity contribution in [3.63, 3.8) is 0 Å². The number of hydrogen-bond donors (Lipinski definition) is 3. The van der Waals surface area contributed by atoms with Crippen molar-refractivity contribution in [3.8, 4) is 5.75 Å². The van der Waals surface area contributed by atoms with E-state index in [2.05, 4.69) is 15.6 Å². The molecule has 3 N–H and O–H groups in total. The Morgan fingerprint density at radius 1 is 1.32 bits per heavy atom. The number of amides is 2. The topological polar surface area (TPSA) is 113 Å². The van der Waals surface area contributed by atoms with Gasteiger partial charge < -0.3 is 30.1 Å². The second-order valence-electron chi connectivity index (χ2n) is 8.88. The maximum atomic E-state index is 14.0. The van der Waals surface area contributed by atoms with Gasteiger partial charge >= 0.3 is 6.09 Å². The summed E-state index contributed by atoms with van der Waals surface area (Å²) in [4.78, 5) is 29.9. The molecule has 1 aromatic carbocycles. The van der Waals surface area contributed by atoms with Crippen molar-refractivity contribution in [1.29, 1.82) is 0 Å². The summed E-state index contributed by atoms with van der Waals surface area (Å²) >= 11 is 5.50. The van der Waals surface area contributed by atoms with Crippen LogP contribution in [-0.2, 0) is 16.1 Å². The SMILES string of the molecule is Cc1c(F)cccc1NC(=S)C1=C(OCc2ccncc2OC[C@@H]2CCCCN2C(=O)O)CCNC1=O. The number of ether oxygens (including phenoxy) is 2. The third kappa shape index (κ3) is 6.34. The molecule has 0 saturated carbocycles. The predicted octanol–water partition coefficient (Wildman–Crippen LogP) is 4.17. The first-order valence-corrected chi connectivity index (χ1v) is 12.5. The Kier molecular flexibility index (Phi) is 8.54.